The smallest absolute Gasteiger partial charge is 0.396 e. The molecule has 0 saturated carbocycles. The van der Waals surface area contributed by atoms with Gasteiger partial charge >= 0.3 is 58.3 Å². The van der Waals surface area contributed by atoms with E-state index in [0.717, 1.165) is 40.7 Å². The maximum atomic E-state index is 12.6. The number of aliphatic hydroxyl groups is 2. The molecule has 0 amide bonds. The van der Waals surface area contributed by atoms with Crippen LogP contribution in [-0.4, -0.2) is 202 Å². The van der Waals surface area contributed by atoms with Crippen molar-refractivity contribution in [3.05, 3.63) is 65.7 Å². The second kappa shape index (κ2) is 45.5. The minimum absolute atomic E-state index is 0.0117. The zero-order valence-electron chi connectivity index (χ0n) is 53.4. The van der Waals surface area contributed by atoms with Crippen LogP contribution in [0.1, 0.15) is 123 Å². The van der Waals surface area contributed by atoms with Gasteiger partial charge in [0.15, 0.2) is 12.5 Å². The maximum absolute atomic E-state index is 12.6. The molecular formula is C49H94N4O35P6. The molecule has 0 spiro atoms. The van der Waals surface area contributed by atoms with Gasteiger partial charge in [0, 0.05) is 51.5 Å². The van der Waals surface area contributed by atoms with Crippen LogP contribution in [0.4, 0.5) is 0 Å². The fourth-order valence-corrected chi connectivity index (χ4v) is 12.7. The van der Waals surface area contributed by atoms with E-state index in [-0.39, 0.29) is 91.3 Å². The minimum atomic E-state index is -4.73. The second-order valence-electron chi connectivity index (χ2n) is 20.1. The van der Waals surface area contributed by atoms with Crippen LogP contribution in [0.15, 0.2) is 37.6 Å². The van der Waals surface area contributed by atoms with Gasteiger partial charge in [0.1, 0.15) is 36.6 Å². The van der Waals surface area contributed by atoms with E-state index in [9.17, 15) is 75.9 Å². The number of aliphatic hydroxyl groups excluding tert-OH is 2. The van der Waals surface area contributed by atoms with Crippen molar-refractivity contribution >= 4 is 46.9 Å². The highest BCUT2D eigenvalue weighted by Gasteiger charge is 2.53. The Morgan fingerprint density at radius 3 is 1.15 bits per heavy atom. The third-order valence-electron chi connectivity index (χ3n) is 12.6. The predicted octanol–water partition coefficient (Wildman–Crippen LogP) is 4.49. The summed E-state index contributed by atoms with van der Waals surface area (Å²) >= 11 is 0. The number of hydrogen-bond donors (Lipinski definition) is 10. The van der Waals surface area contributed by atoms with Gasteiger partial charge < -0.3 is 63.3 Å². The number of rotatable bonds is 48. The van der Waals surface area contributed by atoms with E-state index in [0.29, 0.717) is 51.4 Å². The zero-order valence-corrected chi connectivity index (χ0v) is 58.8. The van der Waals surface area contributed by atoms with Gasteiger partial charge in [0.25, 0.3) is 11.1 Å². The number of unbranched alkanes of at least 4 members (excludes halogenated alkanes) is 6. The molecule has 4 rings (SSSR count). The Morgan fingerprint density at radius 2 is 0.787 bits per heavy atom. The summed E-state index contributed by atoms with van der Waals surface area (Å²) < 4.78 is 161. The number of H-pyrrole nitrogens is 2. The van der Waals surface area contributed by atoms with Crippen molar-refractivity contribution in [2.75, 3.05) is 107 Å². The van der Waals surface area contributed by atoms with Gasteiger partial charge in [0.2, 0.25) is 0 Å². The Kier molecular flexibility index (Phi) is 42.5. The first-order chi connectivity index (χ1) is 44.3. The standard InChI is InChI=1S/C19H34N2O12P2.C18H32N2O14P2.C12H28O9P2/c1-5-7-9-29-34(24,25)31-12-14-15(33-35(26,27)30-10-8-6-2)16(28-4)18(32-14)21-11-13(3)17(22)20-19(21)23;1-29-16-15(34-36(27,28)31-11-5-3-9-22)13(12-32-35(25,26)30-10-4-2-8-21)33-17(16)20-7-6-14(23)19-18(20)24;1-3-5-7-18-22(13,14)20-11-9-17-10-12-21-23(15,16)19-8-6-4-2/h11,14-16,18H,5-10,12H2,1-4H3,(H,24,25)(H,26,27)(H,20,22,23);6-7,13,15-17,21-22H,2-5,8-12H2,1H3,(H,25,26)(H,27,28)(H,19,23,24);3-12H2,1-2H3,(H,13,14)(H,15,16)/t14-,15?,16+,18-;13-,15?,16+,17-;/m11./s1. The van der Waals surface area contributed by atoms with Gasteiger partial charge in [-0.3, -0.25) is 83.0 Å². The van der Waals surface area contributed by atoms with Crippen molar-refractivity contribution in [1.82, 2.24) is 19.1 Å². The second-order valence-corrected chi connectivity index (χ2v) is 28.7. The molecule has 2 saturated heterocycles. The van der Waals surface area contributed by atoms with Gasteiger partial charge in [-0.2, -0.15) is 0 Å². The van der Waals surface area contributed by atoms with Crippen LogP contribution in [-0.2, 0) is 105 Å². The molecule has 14 atom stereocenters. The van der Waals surface area contributed by atoms with Crippen LogP contribution in [0.5, 0.6) is 0 Å². The van der Waals surface area contributed by atoms with E-state index in [4.69, 9.17) is 79.1 Å². The Labute approximate surface area is 542 Å². The molecule has 0 aromatic carbocycles. The molecule has 94 heavy (non-hydrogen) atoms. The lowest BCUT2D eigenvalue weighted by Gasteiger charge is -2.25. The molecule has 550 valence electrons. The van der Waals surface area contributed by atoms with Crippen LogP contribution in [0.3, 0.4) is 0 Å². The third-order valence-corrected chi connectivity index (χ3v) is 18.6. The highest BCUT2D eigenvalue weighted by molar-refractivity contribution is 7.48. The van der Waals surface area contributed by atoms with Crippen molar-refractivity contribution in [1.29, 1.82) is 0 Å². The molecule has 2 aromatic rings. The van der Waals surface area contributed by atoms with Gasteiger partial charge in [0.05, 0.1) is 79.3 Å². The van der Waals surface area contributed by atoms with Crippen molar-refractivity contribution < 1.29 is 145 Å². The molecule has 0 aliphatic carbocycles. The fraction of sp³-hybridized carbons (Fsp3) is 0.837. The van der Waals surface area contributed by atoms with Crippen LogP contribution >= 0.6 is 46.9 Å². The van der Waals surface area contributed by atoms with Crippen molar-refractivity contribution in [2.45, 2.75) is 161 Å². The van der Waals surface area contributed by atoms with E-state index in [2.05, 4.69) is 14.0 Å². The van der Waals surface area contributed by atoms with Gasteiger partial charge in [-0.15, -0.1) is 0 Å². The molecule has 10 N–H and O–H groups in total. The SMILES string of the molecule is CCCCOP(=O)(O)OCCOCCOP(=O)(O)OCCCC.CCCCOP(=O)(O)OC[C@H]1O[C@@H](n2cc(C)c(=O)[nH]c2=O)[C@@H](OC)C1OP(=O)(O)OCCCC.CO[C@H]1C(OP(=O)(O)OCCCCO)[C@@H](COP(=O)(O)OCCCCO)O[C@H]1n1ccc(=O)[nH]c1=O. The lowest BCUT2D eigenvalue weighted by molar-refractivity contribution is -0.0626. The number of aromatic nitrogens is 4. The molecule has 2 aliphatic rings. The summed E-state index contributed by atoms with van der Waals surface area (Å²) in [6.45, 7) is 7.18. The highest BCUT2D eigenvalue weighted by Crippen LogP contribution is 2.53. The number of aromatic amines is 2. The van der Waals surface area contributed by atoms with Gasteiger partial charge in [-0.25, -0.2) is 37.0 Å². The topological polar surface area (TPSA) is 531 Å². The number of aryl methyl sites for hydroxylation is 1. The number of phosphoric acid groups is 6. The molecule has 2 aromatic heterocycles. The largest absolute Gasteiger partial charge is 0.472 e. The molecule has 39 nitrogen and oxygen atoms in total. The summed E-state index contributed by atoms with van der Waals surface area (Å²) in [7, 11) is -24.0. The minimum Gasteiger partial charge on any atom is -0.396 e. The van der Waals surface area contributed by atoms with Crippen molar-refractivity contribution in [2.24, 2.45) is 0 Å². The summed E-state index contributed by atoms with van der Waals surface area (Å²) in [4.78, 5) is 111. The molecule has 2 aliphatic heterocycles. The lowest BCUT2D eigenvalue weighted by Crippen LogP contribution is -2.40. The zero-order chi connectivity index (χ0) is 70.6. The summed E-state index contributed by atoms with van der Waals surface area (Å²) in [6, 6.07) is 1.04. The Balaban J connectivity index is 0.000000493. The van der Waals surface area contributed by atoms with E-state index in [1.165, 1.54) is 27.3 Å². The average molecular weight is 1490 g/mol. The maximum Gasteiger partial charge on any atom is 0.472 e. The van der Waals surface area contributed by atoms with Crippen LogP contribution in [0, 0.1) is 6.92 Å². The number of ether oxygens (including phenoxy) is 5. The van der Waals surface area contributed by atoms with Crippen molar-refractivity contribution in [3.63, 3.8) is 0 Å². The summed E-state index contributed by atoms with van der Waals surface area (Å²) in [5.41, 5.74) is -2.77. The average Bonchev–Trinajstić information content (AvgIpc) is 1.63. The number of nitrogens with zero attached hydrogens (tertiary/aromatic N) is 2. The van der Waals surface area contributed by atoms with Crippen molar-refractivity contribution in [3.8, 4) is 0 Å². The van der Waals surface area contributed by atoms with Crippen LogP contribution in [0.25, 0.3) is 0 Å². The highest BCUT2D eigenvalue weighted by atomic mass is 31.2. The number of hydrogen-bond acceptors (Lipinski definition) is 29. The van der Waals surface area contributed by atoms with E-state index < -0.39 is 132 Å². The molecule has 0 bridgehead atoms. The van der Waals surface area contributed by atoms with Crippen LogP contribution < -0.4 is 22.5 Å². The summed E-state index contributed by atoms with van der Waals surface area (Å²) in [5.74, 6) is 0. The fourth-order valence-electron chi connectivity index (χ4n) is 7.75. The quantitative estimate of drug-likeness (QED) is 0.0322. The monoisotopic (exact) mass is 1480 g/mol. The summed E-state index contributed by atoms with van der Waals surface area (Å²) in [5, 5.41) is 17.6. The normalized spacial score (nSPS) is 23.5. The molecule has 8 unspecified atom stereocenters. The number of nitrogens with one attached hydrogen (secondary N) is 2. The Bertz CT molecular complexity index is 2980. The lowest BCUT2D eigenvalue weighted by atomic mass is 10.1. The Hall–Kier alpha value is -2.26. The predicted molar refractivity (Wildman–Crippen MR) is 328 cm³/mol. The first kappa shape index (κ1) is 87.8. The number of phosphoric ester groups is 6. The Morgan fingerprint density at radius 1 is 0.447 bits per heavy atom. The van der Waals surface area contributed by atoms with E-state index >= 15 is 0 Å². The molecule has 4 heterocycles. The van der Waals surface area contributed by atoms with Gasteiger partial charge in [-0.05, 0) is 58.3 Å². The molecule has 2 fully saturated rings. The first-order valence-electron chi connectivity index (χ1n) is 29.9. The summed E-state index contributed by atoms with van der Waals surface area (Å²) in [6.07, 6.45) is -1.23. The molecule has 0 radical (unpaired) electrons. The van der Waals surface area contributed by atoms with Gasteiger partial charge in [-0.1, -0.05) is 53.4 Å². The molecule has 45 heteroatoms. The van der Waals surface area contributed by atoms with E-state index in [1.54, 1.807) is 0 Å². The third kappa shape index (κ3) is 34.7. The molecular weight excluding hydrogens is 1390 g/mol. The first-order valence-corrected chi connectivity index (χ1v) is 38.9. The van der Waals surface area contributed by atoms with E-state index in [1.807, 2.05) is 32.7 Å². The van der Waals surface area contributed by atoms with Crippen LogP contribution in [0.2, 0.25) is 0 Å². The number of methoxy groups -OCH3 is 2.